The lowest BCUT2D eigenvalue weighted by Crippen LogP contribution is -2.23. The summed E-state index contributed by atoms with van der Waals surface area (Å²) in [6.45, 7) is 2.43. The van der Waals surface area contributed by atoms with Gasteiger partial charge in [-0.2, -0.15) is 0 Å². The maximum atomic E-state index is 13.5. The molecule has 0 bridgehead atoms. The third kappa shape index (κ3) is 3.53. The summed E-state index contributed by atoms with van der Waals surface area (Å²) in [6, 6.07) is 11.9. The van der Waals surface area contributed by atoms with E-state index in [1.807, 2.05) is 31.2 Å². The number of fused-ring (bicyclic) bond motifs is 1. The molecule has 5 nitrogen and oxygen atoms in total. The zero-order valence-corrected chi connectivity index (χ0v) is 13.5. The Morgan fingerprint density at radius 2 is 1.92 bits per heavy atom. The van der Waals surface area contributed by atoms with Gasteiger partial charge in [0.15, 0.2) is 11.5 Å². The maximum absolute atomic E-state index is 13.5. The average molecular weight is 327 g/mol. The van der Waals surface area contributed by atoms with Crippen LogP contribution in [0.5, 0.6) is 11.5 Å². The van der Waals surface area contributed by atoms with Gasteiger partial charge in [0.2, 0.25) is 0 Å². The molecule has 1 heterocycles. The number of ether oxygens (including phenoxy) is 2. The normalized spacial score (nSPS) is 12.0. The Morgan fingerprint density at radius 1 is 1.12 bits per heavy atom. The minimum absolute atomic E-state index is 0.139. The molecule has 1 aromatic heterocycles. The van der Waals surface area contributed by atoms with E-state index in [0.29, 0.717) is 34.8 Å². The van der Waals surface area contributed by atoms with Crippen LogP contribution in [0.1, 0.15) is 6.92 Å². The first kappa shape index (κ1) is 16.0. The molecule has 1 unspecified atom stereocenters. The molecule has 0 aliphatic heterocycles. The van der Waals surface area contributed by atoms with Crippen LogP contribution in [0.4, 0.5) is 10.2 Å². The van der Waals surface area contributed by atoms with Crippen molar-refractivity contribution in [2.24, 2.45) is 0 Å². The van der Waals surface area contributed by atoms with E-state index in [-0.39, 0.29) is 11.9 Å². The van der Waals surface area contributed by atoms with E-state index in [0.717, 1.165) is 0 Å². The summed E-state index contributed by atoms with van der Waals surface area (Å²) in [6.07, 6.45) is 1.31. The molecule has 0 aliphatic carbocycles. The Balaban J connectivity index is 1.70. The van der Waals surface area contributed by atoms with E-state index in [1.165, 1.54) is 18.5 Å². The van der Waals surface area contributed by atoms with Gasteiger partial charge in [-0.25, -0.2) is 14.4 Å². The second-order valence-electron chi connectivity index (χ2n) is 5.34. The summed E-state index contributed by atoms with van der Waals surface area (Å²) in [5, 5.41) is 3.83. The number of anilines is 1. The van der Waals surface area contributed by atoms with Crippen LogP contribution >= 0.6 is 0 Å². The quantitative estimate of drug-likeness (QED) is 0.749. The number of nitrogens with zero attached hydrogens (tertiary/aromatic N) is 2. The van der Waals surface area contributed by atoms with Crippen molar-refractivity contribution in [3.8, 4) is 11.5 Å². The van der Waals surface area contributed by atoms with Gasteiger partial charge >= 0.3 is 0 Å². The molecule has 0 saturated carbocycles. The Hall–Kier alpha value is -2.89. The highest BCUT2D eigenvalue weighted by Crippen LogP contribution is 2.27. The molecule has 0 aliphatic rings. The average Bonchev–Trinajstić information content (AvgIpc) is 2.60. The summed E-state index contributed by atoms with van der Waals surface area (Å²) < 4.78 is 24.6. The number of methoxy groups -OCH3 is 1. The van der Waals surface area contributed by atoms with Gasteiger partial charge < -0.3 is 14.8 Å². The molecule has 3 aromatic rings. The van der Waals surface area contributed by atoms with E-state index >= 15 is 0 Å². The van der Waals surface area contributed by atoms with Gasteiger partial charge in [-0.3, -0.25) is 0 Å². The third-order valence-corrected chi connectivity index (χ3v) is 3.55. The van der Waals surface area contributed by atoms with Gasteiger partial charge in [-0.1, -0.05) is 12.1 Å². The predicted molar refractivity (Wildman–Crippen MR) is 91.1 cm³/mol. The van der Waals surface area contributed by atoms with Crippen molar-refractivity contribution in [3.63, 3.8) is 0 Å². The zero-order valence-electron chi connectivity index (χ0n) is 13.5. The van der Waals surface area contributed by atoms with Crippen LogP contribution < -0.4 is 14.8 Å². The topological polar surface area (TPSA) is 56.3 Å². The fourth-order valence-electron chi connectivity index (χ4n) is 2.38. The second-order valence-corrected chi connectivity index (χ2v) is 5.34. The molecule has 3 rings (SSSR count). The van der Waals surface area contributed by atoms with E-state index in [1.54, 1.807) is 13.2 Å². The SMILES string of the molecule is COc1ccccc1OC(C)CNc1ncnc2ccc(F)cc12. The van der Waals surface area contributed by atoms with Crippen LogP contribution in [-0.2, 0) is 0 Å². The lowest BCUT2D eigenvalue weighted by Gasteiger charge is -2.18. The maximum Gasteiger partial charge on any atom is 0.161 e. The number of rotatable bonds is 6. The summed E-state index contributed by atoms with van der Waals surface area (Å²) >= 11 is 0. The van der Waals surface area contributed by atoms with Crippen molar-refractivity contribution in [1.82, 2.24) is 9.97 Å². The Morgan fingerprint density at radius 3 is 2.71 bits per heavy atom. The summed E-state index contributed by atoms with van der Waals surface area (Å²) in [5.41, 5.74) is 0.687. The Labute approximate surface area is 139 Å². The van der Waals surface area contributed by atoms with E-state index in [9.17, 15) is 4.39 Å². The van der Waals surface area contributed by atoms with Crippen LogP contribution in [0, 0.1) is 5.82 Å². The molecular weight excluding hydrogens is 309 g/mol. The molecule has 6 heteroatoms. The molecule has 0 fully saturated rings. The van der Waals surface area contributed by atoms with Gasteiger partial charge in [-0.15, -0.1) is 0 Å². The van der Waals surface area contributed by atoms with Crippen molar-refractivity contribution in [2.75, 3.05) is 19.0 Å². The number of nitrogens with one attached hydrogen (secondary N) is 1. The monoisotopic (exact) mass is 327 g/mol. The molecule has 2 aromatic carbocycles. The fourth-order valence-corrected chi connectivity index (χ4v) is 2.38. The van der Waals surface area contributed by atoms with Crippen molar-refractivity contribution in [1.29, 1.82) is 0 Å². The van der Waals surface area contributed by atoms with Crippen molar-refractivity contribution < 1.29 is 13.9 Å². The standard InChI is InChI=1S/C18H18FN3O2/c1-12(24-17-6-4-3-5-16(17)23-2)10-20-18-14-9-13(19)7-8-15(14)21-11-22-18/h3-9,11-12H,10H2,1-2H3,(H,20,21,22). The molecule has 0 amide bonds. The fraction of sp³-hybridized carbons (Fsp3) is 0.222. The van der Waals surface area contributed by atoms with Crippen LogP contribution in [0.2, 0.25) is 0 Å². The highest BCUT2D eigenvalue weighted by atomic mass is 19.1. The molecular formula is C18H18FN3O2. The van der Waals surface area contributed by atoms with Crippen LogP contribution in [0.15, 0.2) is 48.8 Å². The first-order valence-electron chi connectivity index (χ1n) is 7.61. The molecule has 1 atom stereocenters. The Kier molecular flexibility index (Phi) is 4.74. The van der Waals surface area contributed by atoms with Crippen molar-refractivity contribution in [2.45, 2.75) is 13.0 Å². The van der Waals surface area contributed by atoms with E-state index in [2.05, 4.69) is 15.3 Å². The number of hydrogen-bond acceptors (Lipinski definition) is 5. The smallest absolute Gasteiger partial charge is 0.161 e. The van der Waals surface area contributed by atoms with Gasteiger partial charge in [0.05, 0.1) is 19.2 Å². The highest BCUT2D eigenvalue weighted by Gasteiger charge is 2.10. The highest BCUT2D eigenvalue weighted by molar-refractivity contribution is 5.88. The first-order valence-corrected chi connectivity index (χ1v) is 7.61. The third-order valence-electron chi connectivity index (χ3n) is 3.55. The molecule has 1 N–H and O–H groups in total. The van der Waals surface area contributed by atoms with E-state index < -0.39 is 0 Å². The van der Waals surface area contributed by atoms with Crippen LogP contribution in [-0.4, -0.2) is 29.7 Å². The molecule has 24 heavy (non-hydrogen) atoms. The van der Waals surface area contributed by atoms with Crippen LogP contribution in [0.3, 0.4) is 0 Å². The number of aromatic nitrogens is 2. The first-order chi connectivity index (χ1) is 11.7. The van der Waals surface area contributed by atoms with Gasteiger partial charge in [0.25, 0.3) is 0 Å². The lowest BCUT2D eigenvalue weighted by molar-refractivity contribution is 0.223. The summed E-state index contributed by atoms with van der Waals surface area (Å²) in [5.74, 6) is 1.61. The van der Waals surface area contributed by atoms with Crippen LogP contribution in [0.25, 0.3) is 10.9 Å². The number of halogens is 1. The summed E-state index contributed by atoms with van der Waals surface area (Å²) in [7, 11) is 1.60. The van der Waals surface area contributed by atoms with Gasteiger partial charge in [0, 0.05) is 5.39 Å². The number of benzene rings is 2. The van der Waals surface area contributed by atoms with Crippen molar-refractivity contribution >= 4 is 16.7 Å². The number of hydrogen-bond donors (Lipinski definition) is 1. The molecule has 0 saturated heterocycles. The lowest BCUT2D eigenvalue weighted by atomic mass is 10.2. The van der Waals surface area contributed by atoms with Gasteiger partial charge in [-0.05, 0) is 37.3 Å². The second kappa shape index (κ2) is 7.12. The number of para-hydroxylation sites is 2. The van der Waals surface area contributed by atoms with Gasteiger partial charge in [0.1, 0.15) is 24.1 Å². The van der Waals surface area contributed by atoms with Crippen molar-refractivity contribution in [3.05, 3.63) is 54.6 Å². The Bertz CT molecular complexity index is 841. The molecule has 0 radical (unpaired) electrons. The predicted octanol–water partition coefficient (Wildman–Crippen LogP) is 3.66. The zero-order chi connectivity index (χ0) is 16.9. The largest absolute Gasteiger partial charge is 0.493 e. The molecule has 0 spiro atoms. The minimum atomic E-state index is -0.321. The molecule has 124 valence electrons. The minimum Gasteiger partial charge on any atom is -0.493 e. The summed E-state index contributed by atoms with van der Waals surface area (Å²) in [4.78, 5) is 8.33. The van der Waals surface area contributed by atoms with E-state index in [4.69, 9.17) is 9.47 Å².